The second kappa shape index (κ2) is 7.71. The number of aryl methyl sites for hydroxylation is 1. The summed E-state index contributed by atoms with van der Waals surface area (Å²) in [7, 11) is -3.48. The highest BCUT2D eigenvalue weighted by atomic mass is 32.2. The van der Waals surface area contributed by atoms with Gasteiger partial charge in [-0.15, -0.1) is 0 Å². The van der Waals surface area contributed by atoms with Gasteiger partial charge in [-0.1, -0.05) is 17.7 Å². The topological polar surface area (TPSA) is 75.7 Å². The van der Waals surface area contributed by atoms with Gasteiger partial charge in [0, 0.05) is 30.6 Å². The minimum absolute atomic E-state index is 0.177. The van der Waals surface area contributed by atoms with Gasteiger partial charge in [0.25, 0.3) is 5.91 Å². The van der Waals surface area contributed by atoms with E-state index in [-0.39, 0.29) is 16.8 Å². The average Bonchev–Trinajstić information content (AvgIpc) is 3.24. The normalized spacial score (nSPS) is 21.0. The molecule has 1 unspecified atom stereocenters. The number of benzene rings is 2. The second-order valence-electron chi connectivity index (χ2n) is 8.77. The van der Waals surface area contributed by atoms with Crippen LogP contribution in [0.5, 0.6) is 5.75 Å². The van der Waals surface area contributed by atoms with Crippen molar-refractivity contribution in [2.24, 2.45) is 0 Å². The number of rotatable bonds is 4. The Kier molecular flexibility index (Phi) is 5.36. The smallest absolute Gasteiger partial charge is 0.251 e. The second-order valence-corrected chi connectivity index (χ2v) is 10.7. The predicted octanol–water partition coefficient (Wildman–Crippen LogP) is 3.81. The monoisotopic (exact) mass is 428 g/mol. The molecule has 2 heterocycles. The maximum absolute atomic E-state index is 12.9. The lowest BCUT2D eigenvalue weighted by Crippen LogP contribution is -2.41. The molecule has 0 saturated carbocycles. The molecule has 2 aliphatic rings. The molecule has 1 atom stereocenters. The number of hydrogen-bond donors (Lipinski definition) is 1. The van der Waals surface area contributed by atoms with E-state index in [1.54, 1.807) is 12.1 Å². The van der Waals surface area contributed by atoms with E-state index in [1.165, 1.54) is 16.4 Å². The summed E-state index contributed by atoms with van der Waals surface area (Å²) in [6, 6.07) is 12.0. The summed E-state index contributed by atoms with van der Waals surface area (Å²) in [5.41, 5.74) is 2.12. The van der Waals surface area contributed by atoms with Crippen molar-refractivity contribution in [2.75, 3.05) is 13.1 Å². The van der Waals surface area contributed by atoms with Crippen molar-refractivity contribution >= 4 is 15.9 Å². The molecule has 30 heavy (non-hydrogen) atoms. The van der Waals surface area contributed by atoms with Gasteiger partial charge < -0.3 is 10.1 Å². The van der Waals surface area contributed by atoms with Gasteiger partial charge in [0.1, 0.15) is 11.4 Å². The molecule has 0 aromatic heterocycles. The number of nitrogens with one attached hydrogen (secondary N) is 1. The van der Waals surface area contributed by atoms with Gasteiger partial charge in [-0.05, 0) is 63.9 Å². The van der Waals surface area contributed by atoms with Crippen LogP contribution in [0, 0.1) is 6.92 Å². The molecule has 2 aliphatic heterocycles. The van der Waals surface area contributed by atoms with E-state index in [1.807, 2.05) is 39.0 Å². The highest BCUT2D eigenvalue weighted by Gasteiger charge is 2.35. The highest BCUT2D eigenvalue weighted by Crippen LogP contribution is 2.40. The Hall–Kier alpha value is -2.38. The number of fused-ring (bicyclic) bond motifs is 1. The fourth-order valence-electron chi connectivity index (χ4n) is 4.20. The van der Waals surface area contributed by atoms with Crippen molar-refractivity contribution in [1.82, 2.24) is 9.62 Å². The predicted molar refractivity (Wildman–Crippen MR) is 115 cm³/mol. The van der Waals surface area contributed by atoms with Crippen LogP contribution in [0.2, 0.25) is 0 Å². The molecule has 4 rings (SSSR count). The number of carbonyl (C=O) groups is 1. The molecule has 2 aromatic carbocycles. The van der Waals surface area contributed by atoms with Gasteiger partial charge in [0.05, 0.1) is 10.9 Å². The van der Waals surface area contributed by atoms with Crippen LogP contribution < -0.4 is 10.1 Å². The number of nitrogens with zero attached hydrogens (tertiary/aromatic N) is 1. The summed E-state index contributed by atoms with van der Waals surface area (Å²) >= 11 is 0. The van der Waals surface area contributed by atoms with Crippen LogP contribution in [-0.4, -0.2) is 37.3 Å². The molecule has 2 aromatic rings. The SMILES string of the molecule is Cc1ccc2c(c1)C(NC(=O)c1ccc(S(=O)(=O)N3CCCC3)cc1)CC(C)(C)O2. The van der Waals surface area contributed by atoms with Gasteiger partial charge in [-0.25, -0.2) is 8.42 Å². The lowest BCUT2D eigenvalue weighted by Gasteiger charge is -2.38. The third-order valence-corrected chi connectivity index (χ3v) is 7.66. The number of hydrogen-bond acceptors (Lipinski definition) is 4. The fraction of sp³-hybridized carbons (Fsp3) is 0.435. The van der Waals surface area contributed by atoms with Crippen molar-refractivity contribution in [1.29, 1.82) is 0 Å². The van der Waals surface area contributed by atoms with E-state index in [0.29, 0.717) is 25.1 Å². The Labute approximate surface area is 178 Å². The third-order valence-electron chi connectivity index (χ3n) is 5.75. The molecule has 1 saturated heterocycles. The number of amides is 1. The van der Waals surface area contributed by atoms with Crippen LogP contribution in [0.15, 0.2) is 47.4 Å². The summed E-state index contributed by atoms with van der Waals surface area (Å²) in [6.07, 6.45) is 2.43. The molecule has 0 spiro atoms. The minimum Gasteiger partial charge on any atom is -0.487 e. The molecule has 1 N–H and O–H groups in total. The van der Waals surface area contributed by atoms with Crippen LogP contribution in [0.3, 0.4) is 0 Å². The Morgan fingerprint density at radius 1 is 1.10 bits per heavy atom. The van der Waals surface area contributed by atoms with Crippen molar-refractivity contribution in [3.8, 4) is 5.75 Å². The molecule has 6 nitrogen and oxygen atoms in total. The molecule has 1 amide bonds. The van der Waals surface area contributed by atoms with E-state index >= 15 is 0 Å². The summed E-state index contributed by atoms with van der Waals surface area (Å²) in [4.78, 5) is 13.2. The first-order valence-electron chi connectivity index (χ1n) is 10.4. The zero-order valence-corrected chi connectivity index (χ0v) is 18.5. The molecular formula is C23H28N2O4S. The van der Waals surface area contributed by atoms with E-state index in [0.717, 1.165) is 29.7 Å². The molecule has 7 heteroatoms. The molecule has 0 aliphatic carbocycles. The quantitative estimate of drug-likeness (QED) is 0.803. The van der Waals surface area contributed by atoms with Crippen LogP contribution in [0.4, 0.5) is 0 Å². The van der Waals surface area contributed by atoms with Gasteiger partial charge in [0.15, 0.2) is 0 Å². The summed E-state index contributed by atoms with van der Waals surface area (Å²) in [5, 5.41) is 3.11. The highest BCUT2D eigenvalue weighted by molar-refractivity contribution is 7.89. The first kappa shape index (κ1) is 20.9. The van der Waals surface area contributed by atoms with E-state index in [2.05, 4.69) is 5.32 Å². The van der Waals surface area contributed by atoms with E-state index < -0.39 is 15.6 Å². The zero-order valence-electron chi connectivity index (χ0n) is 17.6. The van der Waals surface area contributed by atoms with Crippen LogP contribution in [-0.2, 0) is 10.0 Å². The number of ether oxygens (including phenoxy) is 1. The largest absolute Gasteiger partial charge is 0.487 e. The Balaban J connectivity index is 1.54. The molecule has 0 bridgehead atoms. The Morgan fingerprint density at radius 2 is 1.77 bits per heavy atom. The lowest BCUT2D eigenvalue weighted by atomic mass is 9.88. The van der Waals surface area contributed by atoms with Gasteiger partial charge >= 0.3 is 0 Å². The fourth-order valence-corrected chi connectivity index (χ4v) is 5.72. The first-order valence-corrected chi connectivity index (χ1v) is 11.8. The summed E-state index contributed by atoms with van der Waals surface area (Å²) < 4.78 is 32.9. The van der Waals surface area contributed by atoms with Gasteiger partial charge in [-0.3, -0.25) is 4.79 Å². The summed E-state index contributed by atoms with van der Waals surface area (Å²) in [6.45, 7) is 7.14. The van der Waals surface area contributed by atoms with Gasteiger partial charge in [-0.2, -0.15) is 4.31 Å². The number of carbonyl (C=O) groups excluding carboxylic acids is 1. The Morgan fingerprint density at radius 3 is 2.43 bits per heavy atom. The van der Waals surface area contributed by atoms with Crippen LogP contribution >= 0.6 is 0 Å². The van der Waals surface area contributed by atoms with Crippen molar-refractivity contribution in [3.05, 3.63) is 59.2 Å². The molecule has 0 radical (unpaired) electrons. The van der Waals surface area contributed by atoms with Crippen molar-refractivity contribution < 1.29 is 17.9 Å². The first-order chi connectivity index (χ1) is 14.2. The summed E-state index contributed by atoms with van der Waals surface area (Å²) in [5.74, 6) is 0.560. The maximum Gasteiger partial charge on any atom is 0.251 e. The average molecular weight is 429 g/mol. The van der Waals surface area contributed by atoms with Crippen LogP contribution in [0.1, 0.15) is 60.6 Å². The number of sulfonamides is 1. The lowest BCUT2D eigenvalue weighted by molar-refractivity contribution is 0.0619. The third kappa shape index (κ3) is 4.09. The maximum atomic E-state index is 12.9. The van der Waals surface area contributed by atoms with Gasteiger partial charge in [0.2, 0.25) is 10.0 Å². The van der Waals surface area contributed by atoms with Crippen molar-refractivity contribution in [2.45, 2.75) is 56.6 Å². The van der Waals surface area contributed by atoms with Crippen LogP contribution in [0.25, 0.3) is 0 Å². The molecule has 160 valence electrons. The Bertz CT molecular complexity index is 1060. The van der Waals surface area contributed by atoms with E-state index in [9.17, 15) is 13.2 Å². The molecular weight excluding hydrogens is 400 g/mol. The van der Waals surface area contributed by atoms with E-state index in [4.69, 9.17) is 4.74 Å². The minimum atomic E-state index is -3.48. The molecule has 1 fully saturated rings. The van der Waals surface area contributed by atoms with Crippen molar-refractivity contribution in [3.63, 3.8) is 0 Å². The standard InChI is InChI=1S/C23H28N2O4S/c1-16-6-11-21-19(14-16)20(15-23(2,3)29-21)24-22(26)17-7-9-18(10-8-17)30(27,28)25-12-4-5-13-25/h6-11,14,20H,4-5,12-13,15H2,1-3H3,(H,24,26). The zero-order chi connectivity index (χ0) is 21.5.